The molecule has 0 saturated heterocycles. The van der Waals surface area contributed by atoms with Crippen LogP contribution in [0.25, 0.3) is 10.6 Å². The fourth-order valence-corrected chi connectivity index (χ4v) is 3.42. The average molecular weight is 410 g/mol. The van der Waals surface area contributed by atoms with Gasteiger partial charge in [0.25, 0.3) is 5.91 Å². The van der Waals surface area contributed by atoms with Crippen molar-refractivity contribution >= 4 is 23.2 Å². The number of aromatic nitrogens is 1. The highest BCUT2D eigenvalue weighted by Gasteiger charge is 2.20. The lowest BCUT2D eigenvalue weighted by Gasteiger charge is -2.13. The highest BCUT2D eigenvalue weighted by Crippen LogP contribution is 2.23. The number of methoxy groups -OCH3 is 1. The molecule has 1 heterocycles. The first kappa shape index (κ1) is 20.5. The van der Waals surface area contributed by atoms with Gasteiger partial charge >= 0.3 is 5.97 Å². The zero-order valence-corrected chi connectivity index (χ0v) is 17.1. The van der Waals surface area contributed by atoms with E-state index in [2.05, 4.69) is 10.3 Å². The number of hydrogen-bond donors (Lipinski definition) is 1. The molecule has 6 nitrogen and oxygen atoms in total. The van der Waals surface area contributed by atoms with E-state index in [1.165, 1.54) is 11.3 Å². The van der Waals surface area contributed by atoms with E-state index in [-0.39, 0.29) is 11.6 Å². The van der Waals surface area contributed by atoms with Crippen LogP contribution in [0.1, 0.15) is 23.0 Å². The van der Waals surface area contributed by atoms with Crippen LogP contribution in [0, 0.1) is 0 Å². The first-order valence-corrected chi connectivity index (χ1v) is 10.1. The molecule has 7 heteroatoms. The van der Waals surface area contributed by atoms with Gasteiger partial charge in [0, 0.05) is 17.5 Å². The summed E-state index contributed by atoms with van der Waals surface area (Å²) in [5, 5.41) is 5.15. The molecule has 0 spiro atoms. The average Bonchev–Trinajstić information content (AvgIpc) is 3.25. The van der Waals surface area contributed by atoms with Crippen molar-refractivity contribution in [3.05, 3.63) is 71.2 Å². The van der Waals surface area contributed by atoms with E-state index >= 15 is 0 Å². The molecule has 1 aromatic heterocycles. The molecule has 0 unspecified atom stereocenters. The van der Waals surface area contributed by atoms with Crippen molar-refractivity contribution in [1.29, 1.82) is 0 Å². The Bertz CT molecular complexity index is 954. The maximum atomic E-state index is 12.3. The second-order valence-corrected chi connectivity index (χ2v) is 7.20. The largest absolute Gasteiger partial charge is 0.497 e. The van der Waals surface area contributed by atoms with E-state index in [4.69, 9.17) is 9.47 Å². The summed E-state index contributed by atoms with van der Waals surface area (Å²) >= 11 is 1.36. The van der Waals surface area contributed by atoms with E-state index in [0.29, 0.717) is 13.0 Å². The van der Waals surface area contributed by atoms with Gasteiger partial charge in [0.05, 0.1) is 7.11 Å². The van der Waals surface area contributed by atoms with Crippen molar-refractivity contribution in [3.63, 3.8) is 0 Å². The van der Waals surface area contributed by atoms with E-state index in [1.807, 2.05) is 54.6 Å². The summed E-state index contributed by atoms with van der Waals surface area (Å²) in [4.78, 5) is 28.8. The summed E-state index contributed by atoms with van der Waals surface area (Å²) in [6, 6.07) is 17.2. The minimum Gasteiger partial charge on any atom is -0.497 e. The molecule has 1 atom stereocenters. The summed E-state index contributed by atoms with van der Waals surface area (Å²) in [5.41, 5.74) is 2.21. The van der Waals surface area contributed by atoms with E-state index in [1.54, 1.807) is 19.4 Å². The van der Waals surface area contributed by atoms with Crippen molar-refractivity contribution in [2.45, 2.75) is 19.4 Å². The number of nitrogens with one attached hydrogen (secondary N) is 1. The maximum Gasteiger partial charge on any atom is 0.358 e. The van der Waals surface area contributed by atoms with Gasteiger partial charge < -0.3 is 14.8 Å². The number of rotatable bonds is 8. The second-order valence-electron chi connectivity index (χ2n) is 6.34. The fraction of sp³-hybridized carbons (Fsp3) is 0.227. The number of amides is 1. The second kappa shape index (κ2) is 9.84. The lowest BCUT2D eigenvalue weighted by molar-refractivity contribution is -0.129. The normalized spacial score (nSPS) is 11.5. The third kappa shape index (κ3) is 5.65. The standard InChI is InChI=1S/C22H22N2O4S/c1-15(20(25)23-13-12-16-8-10-18(27-2)11-9-16)28-22(26)19-14-29-21(24-19)17-6-4-3-5-7-17/h3-11,14-15H,12-13H2,1-2H3,(H,23,25)/t15-/m0/s1. The fourth-order valence-electron chi connectivity index (χ4n) is 2.62. The molecule has 0 fully saturated rings. The van der Waals surface area contributed by atoms with Crippen LogP contribution in [0.3, 0.4) is 0 Å². The molecule has 2 aromatic carbocycles. The molecule has 0 saturated carbocycles. The van der Waals surface area contributed by atoms with Crippen LogP contribution < -0.4 is 10.1 Å². The molecule has 0 aliphatic rings. The zero-order valence-electron chi connectivity index (χ0n) is 16.3. The number of benzene rings is 2. The van der Waals surface area contributed by atoms with Gasteiger partial charge in [-0.3, -0.25) is 4.79 Å². The molecule has 29 heavy (non-hydrogen) atoms. The molecular weight excluding hydrogens is 388 g/mol. The van der Waals surface area contributed by atoms with Gasteiger partial charge in [-0.1, -0.05) is 42.5 Å². The molecule has 1 N–H and O–H groups in total. The van der Waals surface area contributed by atoms with Crippen molar-refractivity contribution in [3.8, 4) is 16.3 Å². The van der Waals surface area contributed by atoms with Crippen LogP contribution >= 0.6 is 11.3 Å². The minimum atomic E-state index is -0.903. The first-order valence-electron chi connectivity index (χ1n) is 9.19. The maximum absolute atomic E-state index is 12.3. The highest BCUT2D eigenvalue weighted by molar-refractivity contribution is 7.13. The number of hydrogen-bond acceptors (Lipinski definition) is 6. The van der Waals surface area contributed by atoms with Crippen LogP contribution in [0.5, 0.6) is 5.75 Å². The number of esters is 1. The van der Waals surface area contributed by atoms with Crippen LogP contribution in [0.2, 0.25) is 0 Å². The van der Waals surface area contributed by atoms with Crippen LogP contribution in [0.4, 0.5) is 0 Å². The van der Waals surface area contributed by atoms with Gasteiger partial charge in [0.1, 0.15) is 10.8 Å². The summed E-state index contributed by atoms with van der Waals surface area (Å²) in [7, 11) is 1.62. The van der Waals surface area contributed by atoms with Crippen LogP contribution in [-0.2, 0) is 16.0 Å². The Balaban J connectivity index is 1.47. The van der Waals surface area contributed by atoms with Gasteiger partial charge in [0.15, 0.2) is 11.8 Å². The van der Waals surface area contributed by atoms with E-state index in [0.717, 1.165) is 21.9 Å². The SMILES string of the molecule is COc1ccc(CCNC(=O)[C@H](C)OC(=O)c2csc(-c3ccccc3)n2)cc1. The lowest BCUT2D eigenvalue weighted by Crippen LogP contribution is -2.37. The predicted octanol–water partition coefficient (Wildman–Crippen LogP) is 3.72. The van der Waals surface area contributed by atoms with Gasteiger partial charge in [0.2, 0.25) is 0 Å². The summed E-state index contributed by atoms with van der Waals surface area (Å²) in [5.74, 6) is -0.164. The summed E-state index contributed by atoms with van der Waals surface area (Å²) in [6.07, 6.45) is -0.233. The number of carbonyl (C=O) groups is 2. The quantitative estimate of drug-likeness (QED) is 0.573. The number of ether oxygens (including phenoxy) is 2. The Morgan fingerprint density at radius 1 is 1.10 bits per heavy atom. The molecule has 0 aliphatic heterocycles. The topological polar surface area (TPSA) is 77.5 Å². The highest BCUT2D eigenvalue weighted by atomic mass is 32.1. The third-order valence-corrected chi connectivity index (χ3v) is 5.15. The molecular formula is C22H22N2O4S. The monoisotopic (exact) mass is 410 g/mol. The van der Waals surface area contributed by atoms with Gasteiger partial charge in [-0.2, -0.15) is 0 Å². The van der Waals surface area contributed by atoms with Gasteiger partial charge in [-0.25, -0.2) is 9.78 Å². The van der Waals surface area contributed by atoms with E-state index in [9.17, 15) is 9.59 Å². The molecule has 3 aromatic rings. The summed E-state index contributed by atoms with van der Waals surface area (Å²) in [6.45, 7) is 1.99. The number of nitrogens with zero attached hydrogens (tertiary/aromatic N) is 1. The Labute approximate surface area is 173 Å². The minimum absolute atomic E-state index is 0.201. The smallest absolute Gasteiger partial charge is 0.358 e. The molecule has 3 rings (SSSR count). The van der Waals surface area contributed by atoms with Crippen molar-refractivity contribution < 1.29 is 19.1 Å². The van der Waals surface area contributed by atoms with Crippen LogP contribution in [0.15, 0.2) is 60.0 Å². The molecule has 0 bridgehead atoms. The van der Waals surface area contributed by atoms with Crippen molar-refractivity contribution in [2.24, 2.45) is 0 Å². The molecule has 150 valence electrons. The molecule has 0 radical (unpaired) electrons. The van der Waals surface area contributed by atoms with Crippen molar-refractivity contribution in [1.82, 2.24) is 10.3 Å². The van der Waals surface area contributed by atoms with E-state index < -0.39 is 12.1 Å². The lowest BCUT2D eigenvalue weighted by atomic mass is 10.1. The number of thiazole rings is 1. The Morgan fingerprint density at radius 2 is 1.83 bits per heavy atom. The number of carbonyl (C=O) groups excluding carboxylic acids is 2. The third-order valence-electron chi connectivity index (χ3n) is 4.26. The predicted molar refractivity (Wildman–Crippen MR) is 112 cm³/mol. The van der Waals surface area contributed by atoms with Crippen molar-refractivity contribution in [2.75, 3.05) is 13.7 Å². The zero-order chi connectivity index (χ0) is 20.6. The van der Waals surface area contributed by atoms with Gasteiger partial charge in [-0.15, -0.1) is 11.3 Å². The van der Waals surface area contributed by atoms with Gasteiger partial charge in [-0.05, 0) is 31.0 Å². The Kier molecular flexibility index (Phi) is 6.97. The molecule has 0 aliphatic carbocycles. The Morgan fingerprint density at radius 3 is 2.52 bits per heavy atom. The molecule has 1 amide bonds. The van der Waals surface area contributed by atoms with Crippen LogP contribution in [-0.4, -0.2) is 36.6 Å². The first-order chi connectivity index (χ1) is 14.1. The Hall–Kier alpha value is -3.19. The summed E-state index contributed by atoms with van der Waals surface area (Å²) < 4.78 is 10.4.